The van der Waals surface area contributed by atoms with Crippen molar-refractivity contribution in [3.63, 3.8) is 0 Å². The highest BCUT2D eigenvalue weighted by atomic mass is 32.1. The molecule has 11 heavy (non-hydrogen) atoms. The highest BCUT2D eigenvalue weighted by molar-refractivity contribution is 7.09. The summed E-state index contributed by atoms with van der Waals surface area (Å²) in [5.74, 6) is 0.623. The molecule has 0 fully saturated rings. The lowest BCUT2D eigenvalue weighted by molar-refractivity contribution is 1.05. The molecule has 1 rings (SSSR count). The van der Waals surface area contributed by atoms with Crippen molar-refractivity contribution < 1.29 is 0 Å². The van der Waals surface area contributed by atoms with Crippen molar-refractivity contribution in [1.29, 1.82) is 0 Å². The zero-order valence-corrected chi connectivity index (χ0v) is 7.48. The number of nitrogens with zero attached hydrogens (tertiary/aromatic N) is 2. The first kappa shape index (κ1) is 8.20. The molecule has 1 aromatic rings. The molecule has 0 saturated carbocycles. The van der Waals surface area contributed by atoms with Crippen molar-refractivity contribution in [2.75, 3.05) is 0 Å². The summed E-state index contributed by atoms with van der Waals surface area (Å²) in [6, 6.07) is 0. The third-order valence-corrected chi connectivity index (χ3v) is 2.24. The summed E-state index contributed by atoms with van der Waals surface area (Å²) in [6.45, 7) is 4.43. The van der Waals surface area contributed by atoms with Gasteiger partial charge in [-0.1, -0.05) is 0 Å². The number of amidine groups is 1. The SMILES string of the molecule is CC(N)=NCc1scnc1C. The van der Waals surface area contributed by atoms with Gasteiger partial charge in [-0.05, 0) is 13.8 Å². The van der Waals surface area contributed by atoms with E-state index in [1.807, 2.05) is 12.4 Å². The van der Waals surface area contributed by atoms with Gasteiger partial charge in [0.1, 0.15) is 0 Å². The monoisotopic (exact) mass is 169 g/mol. The highest BCUT2D eigenvalue weighted by Crippen LogP contribution is 2.12. The van der Waals surface area contributed by atoms with Crippen LogP contribution in [-0.2, 0) is 6.54 Å². The molecule has 0 aliphatic heterocycles. The summed E-state index contributed by atoms with van der Waals surface area (Å²) in [6.07, 6.45) is 0. The van der Waals surface area contributed by atoms with Crippen LogP contribution in [0.1, 0.15) is 17.5 Å². The Bertz CT molecular complexity index is 260. The molecule has 60 valence electrons. The van der Waals surface area contributed by atoms with Gasteiger partial charge in [-0.15, -0.1) is 11.3 Å². The van der Waals surface area contributed by atoms with Gasteiger partial charge < -0.3 is 5.73 Å². The van der Waals surface area contributed by atoms with E-state index in [4.69, 9.17) is 5.73 Å². The predicted octanol–water partition coefficient (Wildman–Crippen LogP) is 1.33. The number of aliphatic imine (C=N–C) groups is 1. The lowest BCUT2D eigenvalue weighted by Gasteiger charge is -1.92. The van der Waals surface area contributed by atoms with E-state index in [2.05, 4.69) is 9.98 Å². The number of thiazole rings is 1. The van der Waals surface area contributed by atoms with E-state index >= 15 is 0 Å². The van der Waals surface area contributed by atoms with Crippen molar-refractivity contribution in [3.05, 3.63) is 16.1 Å². The molecule has 0 bridgehead atoms. The topological polar surface area (TPSA) is 51.3 Å². The normalized spacial score (nSPS) is 12.0. The molecule has 0 saturated heterocycles. The summed E-state index contributed by atoms with van der Waals surface area (Å²) in [5.41, 5.74) is 8.27. The van der Waals surface area contributed by atoms with Gasteiger partial charge in [-0.25, -0.2) is 4.98 Å². The molecule has 4 heteroatoms. The van der Waals surface area contributed by atoms with Crippen LogP contribution in [0.15, 0.2) is 10.5 Å². The first-order valence-electron chi connectivity index (χ1n) is 3.35. The third kappa shape index (κ3) is 2.31. The first-order valence-corrected chi connectivity index (χ1v) is 4.23. The summed E-state index contributed by atoms with van der Waals surface area (Å²) in [5, 5.41) is 0. The van der Waals surface area contributed by atoms with Crippen molar-refractivity contribution in [2.45, 2.75) is 20.4 Å². The Kier molecular flexibility index (Phi) is 2.59. The van der Waals surface area contributed by atoms with E-state index in [9.17, 15) is 0 Å². The summed E-state index contributed by atoms with van der Waals surface area (Å²) in [7, 11) is 0. The standard InChI is InChI=1S/C7H11N3S/c1-5-7(11-4-10-5)3-9-6(2)8/h4H,3H2,1-2H3,(H2,8,9). The molecule has 0 amide bonds. The van der Waals surface area contributed by atoms with Gasteiger partial charge in [0.15, 0.2) is 0 Å². The smallest absolute Gasteiger partial charge is 0.0910 e. The van der Waals surface area contributed by atoms with Crippen LogP contribution in [0, 0.1) is 6.92 Å². The molecule has 0 radical (unpaired) electrons. The van der Waals surface area contributed by atoms with Crippen molar-refractivity contribution in [3.8, 4) is 0 Å². The number of hydrogen-bond acceptors (Lipinski definition) is 3. The van der Waals surface area contributed by atoms with E-state index < -0.39 is 0 Å². The molecule has 2 N–H and O–H groups in total. The highest BCUT2D eigenvalue weighted by Gasteiger charge is 1.98. The molecule has 1 heterocycles. The summed E-state index contributed by atoms with van der Waals surface area (Å²) < 4.78 is 0. The van der Waals surface area contributed by atoms with Gasteiger partial charge in [-0.3, -0.25) is 4.99 Å². The maximum absolute atomic E-state index is 5.39. The number of aryl methyl sites for hydroxylation is 1. The lowest BCUT2D eigenvalue weighted by Crippen LogP contribution is -2.05. The number of rotatable bonds is 2. The molecule has 0 atom stereocenters. The molecule has 0 aromatic carbocycles. The van der Waals surface area contributed by atoms with Crippen molar-refractivity contribution in [2.24, 2.45) is 10.7 Å². The van der Waals surface area contributed by atoms with Crippen LogP contribution in [0.2, 0.25) is 0 Å². The predicted molar refractivity (Wildman–Crippen MR) is 47.9 cm³/mol. The Morgan fingerprint density at radius 1 is 1.82 bits per heavy atom. The maximum atomic E-state index is 5.39. The molecule has 1 aromatic heterocycles. The minimum atomic E-state index is 0.623. The lowest BCUT2D eigenvalue weighted by atomic mass is 10.4. The quantitative estimate of drug-likeness (QED) is 0.536. The number of nitrogens with two attached hydrogens (primary N) is 1. The molecular weight excluding hydrogens is 158 g/mol. The van der Waals surface area contributed by atoms with E-state index in [1.165, 1.54) is 4.88 Å². The van der Waals surface area contributed by atoms with Gasteiger partial charge in [0.25, 0.3) is 0 Å². The van der Waals surface area contributed by atoms with Gasteiger partial charge in [0.2, 0.25) is 0 Å². The average Bonchev–Trinajstić information content (AvgIpc) is 2.31. The van der Waals surface area contributed by atoms with Crippen LogP contribution < -0.4 is 5.73 Å². The Labute approximate surface area is 70.0 Å². The second-order valence-electron chi connectivity index (χ2n) is 2.32. The first-order chi connectivity index (χ1) is 5.20. The largest absolute Gasteiger partial charge is 0.388 e. The molecule has 0 spiro atoms. The second-order valence-corrected chi connectivity index (χ2v) is 3.26. The maximum Gasteiger partial charge on any atom is 0.0910 e. The third-order valence-electron chi connectivity index (χ3n) is 1.32. The fourth-order valence-corrected chi connectivity index (χ4v) is 1.37. The van der Waals surface area contributed by atoms with Gasteiger partial charge in [0.05, 0.1) is 23.6 Å². The van der Waals surface area contributed by atoms with Gasteiger partial charge in [-0.2, -0.15) is 0 Å². The Morgan fingerprint density at radius 3 is 3.00 bits per heavy atom. The summed E-state index contributed by atoms with van der Waals surface area (Å²) >= 11 is 1.62. The van der Waals surface area contributed by atoms with Gasteiger partial charge >= 0.3 is 0 Å². The minimum Gasteiger partial charge on any atom is -0.388 e. The van der Waals surface area contributed by atoms with E-state index in [-0.39, 0.29) is 0 Å². The van der Waals surface area contributed by atoms with Crippen LogP contribution in [0.3, 0.4) is 0 Å². The molecule has 0 aliphatic carbocycles. The molecule has 0 unspecified atom stereocenters. The molecular formula is C7H11N3S. The van der Waals surface area contributed by atoms with Crippen LogP contribution in [0.4, 0.5) is 0 Å². The van der Waals surface area contributed by atoms with E-state index in [1.54, 1.807) is 18.3 Å². The van der Waals surface area contributed by atoms with Crippen LogP contribution in [0.25, 0.3) is 0 Å². The van der Waals surface area contributed by atoms with E-state index in [0.717, 1.165) is 5.69 Å². The zero-order chi connectivity index (χ0) is 8.27. The average molecular weight is 169 g/mol. The second kappa shape index (κ2) is 3.48. The van der Waals surface area contributed by atoms with Crippen LogP contribution in [0.5, 0.6) is 0 Å². The molecule has 0 aliphatic rings. The molecule has 3 nitrogen and oxygen atoms in total. The summed E-state index contributed by atoms with van der Waals surface area (Å²) in [4.78, 5) is 9.39. The van der Waals surface area contributed by atoms with Gasteiger partial charge in [0, 0.05) is 4.88 Å². The van der Waals surface area contributed by atoms with Crippen LogP contribution in [-0.4, -0.2) is 10.8 Å². The Hall–Kier alpha value is -0.900. The minimum absolute atomic E-state index is 0.623. The van der Waals surface area contributed by atoms with Crippen LogP contribution >= 0.6 is 11.3 Å². The fraction of sp³-hybridized carbons (Fsp3) is 0.429. The zero-order valence-electron chi connectivity index (χ0n) is 6.66. The number of aromatic nitrogens is 1. The Morgan fingerprint density at radius 2 is 2.55 bits per heavy atom. The fourth-order valence-electron chi connectivity index (χ4n) is 0.674. The van der Waals surface area contributed by atoms with Crippen molar-refractivity contribution in [1.82, 2.24) is 4.98 Å². The van der Waals surface area contributed by atoms with E-state index in [0.29, 0.717) is 12.4 Å². The Balaban J connectivity index is 2.65. The van der Waals surface area contributed by atoms with Crippen molar-refractivity contribution >= 4 is 17.2 Å². The number of hydrogen-bond donors (Lipinski definition) is 1.